The Kier molecular flexibility index (Phi) is 3.35. The molecular formula is C13H19FN2O. The molecule has 0 amide bonds. The number of nitrogens with two attached hydrogens (primary N) is 1. The molecule has 2 rings (SSSR count). The molecule has 0 spiro atoms. The highest BCUT2D eigenvalue weighted by molar-refractivity contribution is 5.54. The smallest absolute Gasteiger partial charge is 0.123 e. The highest BCUT2D eigenvalue weighted by atomic mass is 19.1. The van der Waals surface area contributed by atoms with Crippen molar-refractivity contribution in [2.24, 2.45) is 5.73 Å². The van der Waals surface area contributed by atoms with Crippen molar-refractivity contribution >= 4 is 5.69 Å². The standard InChI is InChI=1S/C13H19FN2O/c1-13(17)4-6-16(7-5-13)12-3-2-11(14)8-10(12)9-15/h2-3,8,17H,4-7,9,15H2,1H3. The number of aliphatic hydroxyl groups is 1. The van der Waals surface area contributed by atoms with Gasteiger partial charge in [0.15, 0.2) is 0 Å². The number of nitrogens with zero attached hydrogens (tertiary/aromatic N) is 1. The Bertz CT molecular complexity index is 396. The molecule has 3 nitrogen and oxygen atoms in total. The van der Waals surface area contributed by atoms with Crippen LogP contribution in [0.5, 0.6) is 0 Å². The van der Waals surface area contributed by atoms with E-state index in [-0.39, 0.29) is 5.82 Å². The Morgan fingerprint density at radius 3 is 2.65 bits per heavy atom. The third-order valence-electron chi connectivity index (χ3n) is 3.44. The maximum atomic E-state index is 13.1. The van der Waals surface area contributed by atoms with E-state index in [0.717, 1.165) is 37.2 Å². The highest BCUT2D eigenvalue weighted by Crippen LogP contribution is 2.28. The van der Waals surface area contributed by atoms with Crippen molar-refractivity contribution in [3.05, 3.63) is 29.6 Å². The monoisotopic (exact) mass is 238 g/mol. The Hall–Kier alpha value is -1.13. The van der Waals surface area contributed by atoms with Gasteiger partial charge in [-0.3, -0.25) is 0 Å². The molecule has 0 bridgehead atoms. The summed E-state index contributed by atoms with van der Waals surface area (Å²) in [5.74, 6) is -0.252. The molecule has 0 saturated carbocycles. The van der Waals surface area contributed by atoms with Gasteiger partial charge in [0.05, 0.1) is 5.60 Å². The number of hydrogen-bond acceptors (Lipinski definition) is 3. The number of benzene rings is 1. The molecule has 94 valence electrons. The minimum absolute atomic E-state index is 0.252. The molecule has 0 aliphatic carbocycles. The van der Waals surface area contributed by atoms with E-state index < -0.39 is 5.60 Å². The van der Waals surface area contributed by atoms with Gasteiger partial charge in [-0.15, -0.1) is 0 Å². The molecule has 0 atom stereocenters. The summed E-state index contributed by atoms with van der Waals surface area (Å²) in [4.78, 5) is 2.17. The van der Waals surface area contributed by atoms with Gasteiger partial charge in [-0.1, -0.05) is 0 Å². The highest BCUT2D eigenvalue weighted by Gasteiger charge is 2.28. The summed E-state index contributed by atoms with van der Waals surface area (Å²) >= 11 is 0. The summed E-state index contributed by atoms with van der Waals surface area (Å²) in [6.45, 7) is 3.76. The second kappa shape index (κ2) is 4.63. The van der Waals surface area contributed by atoms with Gasteiger partial charge in [-0.25, -0.2) is 4.39 Å². The molecule has 17 heavy (non-hydrogen) atoms. The molecule has 0 radical (unpaired) electrons. The maximum absolute atomic E-state index is 13.1. The van der Waals surface area contributed by atoms with Crippen LogP contribution in [0.3, 0.4) is 0 Å². The van der Waals surface area contributed by atoms with E-state index >= 15 is 0 Å². The molecule has 0 aromatic heterocycles. The topological polar surface area (TPSA) is 49.5 Å². The zero-order chi connectivity index (χ0) is 12.5. The molecular weight excluding hydrogens is 219 g/mol. The van der Waals surface area contributed by atoms with Gasteiger partial charge >= 0.3 is 0 Å². The number of hydrogen-bond donors (Lipinski definition) is 2. The second-order valence-corrected chi connectivity index (χ2v) is 4.96. The first-order valence-corrected chi connectivity index (χ1v) is 5.98. The Morgan fingerprint density at radius 2 is 2.06 bits per heavy atom. The number of rotatable bonds is 2. The zero-order valence-electron chi connectivity index (χ0n) is 10.1. The average Bonchev–Trinajstić information content (AvgIpc) is 2.29. The van der Waals surface area contributed by atoms with Crippen molar-refractivity contribution in [2.75, 3.05) is 18.0 Å². The van der Waals surface area contributed by atoms with Crippen LogP contribution in [-0.2, 0) is 6.54 Å². The van der Waals surface area contributed by atoms with Crippen molar-refractivity contribution in [3.8, 4) is 0 Å². The van der Waals surface area contributed by atoms with Crippen molar-refractivity contribution in [1.29, 1.82) is 0 Å². The SMILES string of the molecule is CC1(O)CCN(c2ccc(F)cc2CN)CC1. The number of anilines is 1. The van der Waals surface area contributed by atoms with E-state index in [1.165, 1.54) is 12.1 Å². The van der Waals surface area contributed by atoms with Gasteiger partial charge in [0.2, 0.25) is 0 Å². The van der Waals surface area contributed by atoms with E-state index in [4.69, 9.17) is 5.73 Å². The fourth-order valence-corrected chi connectivity index (χ4v) is 2.26. The first kappa shape index (κ1) is 12.3. The lowest BCUT2D eigenvalue weighted by Gasteiger charge is -2.38. The molecule has 4 heteroatoms. The molecule has 1 fully saturated rings. The van der Waals surface area contributed by atoms with Crippen LogP contribution in [0.15, 0.2) is 18.2 Å². The predicted molar refractivity (Wildman–Crippen MR) is 66.4 cm³/mol. The van der Waals surface area contributed by atoms with E-state index in [1.807, 2.05) is 6.92 Å². The van der Waals surface area contributed by atoms with E-state index in [0.29, 0.717) is 6.54 Å². The molecule has 3 N–H and O–H groups in total. The summed E-state index contributed by atoms with van der Waals surface area (Å²) in [5, 5.41) is 9.90. The van der Waals surface area contributed by atoms with Crippen LogP contribution in [0, 0.1) is 5.82 Å². The normalized spacial score (nSPS) is 19.4. The molecule has 1 aliphatic rings. The van der Waals surface area contributed by atoms with Gasteiger partial charge in [-0.05, 0) is 43.5 Å². The molecule has 1 aliphatic heterocycles. The van der Waals surface area contributed by atoms with Crippen molar-refractivity contribution < 1.29 is 9.50 Å². The first-order chi connectivity index (χ1) is 8.02. The Labute approximate surface area is 101 Å². The van der Waals surface area contributed by atoms with Crippen LogP contribution in [0.1, 0.15) is 25.3 Å². The lowest BCUT2D eigenvalue weighted by molar-refractivity contribution is 0.0351. The third kappa shape index (κ3) is 2.76. The van der Waals surface area contributed by atoms with Crippen LogP contribution in [0.4, 0.5) is 10.1 Å². The summed E-state index contributed by atoms with van der Waals surface area (Å²) in [5.41, 5.74) is 6.88. The van der Waals surface area contributed by atoms with E-state index in [9.17, 15) is 9.50 Å². The number of piperidine rings is 1. The van der Waals surface area contributed by atoms with Gasteiger partial charge in [-0.2, -0.15) is 0 Å². The summed E-state index contributed by atoms with van der Waals surface area (Å²) in [6, 6.07) is 4.72. The Balaban J connectivity index is 2.18. The van der Waals surface area contributed by atoms with Crippen LogP contribution < -0.4 is 10.6 Å². The molecule has 1 heterocycles. The van der Waals surface area contributed by atoms with Crippen molar-refractivity contribution in [2.45, 2.75) is 31.9 Å². The fraction of sp³-hybridized carbons (Fsp3) is 0.538. The third-order valence-corrected chi connectivity index (χ3v) is 3.44. The van der Waals surface area contributed by atoms with E-state index in [1.54, 1.807) is 6.07 Å². The van der Waals surface area contributed by atoms with Crippen LogP contribution in [0.25, 0.3) is 0 Å². The molecule has 1 aromatic carbocycles. The molecule has 0 unspecified atom stereocenters. The summed E-state index contributed by atoms with van der Waals surface area (Å²) < 4.78 is 13.1. The van der Waals surface area contributed by atoms with Gasteiger partial charge in [0.25, 0.3) is 0 Å². The van der Waals surface area contributed by atoms with Crippen molar-refractivity contribution in [3.63, 3.8) is 0 Å². The van der Waals surface area contributed by atoms with Crippen LogP contribution in [0.2, 0.25) is 0 Å². The predicted octanol–water partition coefficient (Wildman–Crippen LogP) is 1.64. The quantitative estimate of drug-likeness (QED) is 0.823. The maximum Gasteiger partial charge on any atom is 0.123 e. The largest absolute Gasteiger partial charge is 0.390 e. The fourth-order valence-electron chi connectivity index (χ4n) is 2.26. The summed E-state index contributed by atoms with van der Waals surface area (Å²) in [6.07, 6.45) is 1.46. The average molecular weight is 238 g/mol. The van der Waals surface area contributed by atoms with Crippen LogP contribution in [-0.4, -0.2) is 23.8 Å². The van der Waals surface area contributed by atoms with Crippen LogP contribution >= 0.6 is 0 Å². The first-order valence-electron chi connectivity index (χ1n) is 5.98. The second-order valence-electron chi connectivity index (χ2n) is 4.96. The van der Waals surface area contributed by atoms with Gasteiger partial charge in [0.1, 0.15) is 5.82 Å². The minimum Gasteiger partial charge on any atom is -0.390 e. The Morgan fingerprint density at radius 1 is 1.41 bits per heavy atom. The molecule has 1 saturated heterocycles. The van der Waals surface area contributed by atoms with E-state index in [2.05, 4.69) is 4.90 Å². The minimum atomic E-state index is -0.570. The lowest BCUT2D eigenvalue weighted by atomic mass is 9.93. The lowest BCUT2D eigenvalue weighted by Crippen LogP contribution is -2.42. The van der Waals surface area contributed by atoms with Crippen molar-refractivity contribution in [1.82, 2.24) is 0 Å². The zero-order valence-corrected chi connectivity index (χ0v) is 10.1. The summed E-state index contributed by atoms with van der Waals surface area (Å²) in [7, 11) is 0. The van der Waals surface area contributed by atoms with Gasteiger partial charge < -0.3 is 15.7 Å². The van der Waals surface area contributed by atoms with Gasteiger partial charge in [0, 0.05) is 25.3 Å². The number of halogens is 1. The molecule has 1 aromatic rings.